The fourth-order valence-corrected chi connectivity index (χ4v) is 3.75. The van der Waals surface area contributed by atoms with Gasteiger partial charge in [-0.25, -0.2) is 4.79 Å². The van der Waals surface area contributed by atoms with Crippen LogP contribution in [-0.2, 0) is 4.79 Å². The molecule has 0 aromatic heterocycles. The average molecular weight is 325 g/mol. The maximum atomic E-state index is 12.1. The summed E-state index contributed by atoms with van der Waals surface area (Å²) in [4.78, 5) is 23.2. The fourth-order valence-electron chi connectivity index (χ4n) is 3.75. The summed E-state index contributed by atoms with van der Waals surface area (Å²) in [6.45, 7) is 0.669. The van der Waals surface area contributed by atoms with Gasteiger partial charge in [0.1, 0.15) is 0 Å². The van der Waals surface area contributed by atoms with Gasteiger partial charge < -0.3 is 21.1 Å². The first-order valence-electron chi connectivity index (χ1n) is 9.13. The number of carbonyl (C=O) groups is 2. The molecule has 1 aliphatic carbocycles. The summed E-state index contributed by atoms with van der Waals surface area (Å²) in [7, 11) is 0. The summed E-state index contributed by atoms with van der Waals surface area (Å²) in [6.07, 6.45) is 10.1. The second-order valence-corrected chi connectivity index (χ2v) is 6.86. The molecule has 1 heterocycles. The van der Waals surface area contributed by atoms with Crippen molar-refractivity contribution in [3.05, 3.63) is 0 Å². The fraction of sp³-hybridized carbons (Fsp3) is 0.882. The van der Waals surface area contributed by atoms with Gasteiger partial charge >= 0.3 is 6.03 Å². The zero-order chi connectivity index (χ0) is 16.5. The Morgan fingerprint density at radius 2 is 1.96 bits per heavy atom. The zero-order valence-corrected chi connectivity index (χ0v) is 14.0. The number of urea groups is 1. The van der Waals surface area contributed by atoms with Crippen molar-refractivity contribution in [2.45, 2.75) is 76.3 Å². The third-order valence-corrected chi connectivity index (χ3v) is 5.09. The molecular weight excluding hydrogens is 294 g/mol. The van der Waals surface area contributed by atoms with Crippen molar-refractivity contribution in [1.82, 2.24) is 16.0 Å². The predicted octanol–water partition coefficient (Wildman–Crippen LogP) is 1.68. The summed E-state index contributed by atoms with van der Waals surface area (Å²) in [6, 6.07) is 0.0965. The molecule has 6 nitrogen and oxygen atoms in total. The minimum Gasteiger partial charge on any atom is -0.396 e. The number of rotatable bonds is 7. The number of hydrogen-bond acceptors (Lipinski definition) is 3. The Labute approximate surface area is 138 Å². The molecule has 0 aromatic rings. The van der Waals surface area contributed by atoms with E-state index in [1.54, 1.807) is 0 Å². The van der Waals surface area contributed by atoms with E-state index in [0.717, 1.165) is 25.7 Å². The quantitative estimate of drug-likeness (QED) is 0.537. The van der Waals surface area contributed by atoms with Crippen LogP contribution in [0.4, 0.5) is 4.79 Å². The van der Waals surface area contributed by atoms with Gasteiger partial charge in [-0.1, -0.05) is 25.7 Å². The van der Waals surface area contributed by atoms with Crippen LogP contribution in [0.3, 0.4) is 0 Å². The van der Waals surface area contributed by atoms with E-state index < -0.39 is 0 Å². The molecule has 2 unspecified atom stereocenters. The molecular formula is C17H31N3O3. The van der Waals surface area contributed by atoms with E-state index in [0.29, 0.717) is 25.3 Å². The first-order valence-corrected chi connectivity index (χ1v) is 9.13. The lowest BCUT2D eigenvalue weighted by Crippen LogP contribution is -2.46. The molecule has 2 rings (SSSR count). The molecule has 0 radical (unpaired) electrons. The second-order valence-electron chi connectivity index (χ2n) is 6.86. The molecule has 2 fully saturated rings. The molecule has 6 heteroatoms. The van der Waals surface area contributed by atoms with E-state index in [4.69, 9.17) is 0 Å². The number of hydrogen-bond donors (Lipinski definition) is 4. The van der Waals surface area contributed by atoms with E-state index >= 15 is 0 Å². The first-order chi connectivity index (χ1) is 11.2. The minimum atomic E-state index is -0.156. The van der Waals surface area contributed by atoms with Crippen molar-refractivity contribution >= 4 is 11.9 Å². The van der Waals surface area contributed by atoms with Crippen LogP contribution in [0.1, 0.15) is 64.2 Å². The van der Waals surface area contributed by atoms with Crippen LogP contribution in [0.15, 0.2) is 0 Å². The van der Waals surface area contributed by atoms with Gasteiger partial charge in [-0.2, -0.15) is 0 Å². The van der Waals surface area contributed by atoms with Crippen molar-refractivity contribution in [2.24, 2.45) is 5.92 Å². The molecule has 2 atom stereocenters. The maximum Gasteiger partial charge on any atom is 0.315 e. The van der Waals surface area contributed by atoms with Crippen molar-refractivity contribution < 1.29 is 14.7 Å². The summed E-state index contributed by atoms with van der Waals surface area (Å²) in [5.74, 6) is 0.584. The molecule has 0 spiro atoms. The highest BCUT2D eigenvalue weighted by Gasteiger charge is 2.24. The highest BCUT2D eigenvalue weighted by atomic mass is 16.3. The van der Waals surface area contributed by atoms with Crippen LogP contribution in [0, 0.1) is 5.92 Å². The van der Waals surface area contributed by atoms with Crippen LogP contribution >= 0.6 is 0 Å². The number of carbonyl (C=O) groups excluding carboxylic acids is 2. The molecule has 132 valence electrons. The van der Waals surface area contributed by atoms with Gasteiger partial charge in [-0.3, -0.25) is 4.79 Å². The van der Waals surface area contributed by atoms with Crippen molar-refractivity contribution in [3.8, 4) is 0 Å². The highest BCUT2D eigenvalue weighted by Crippen LogP contribution is 2.26. The van der Waals surface area contributed by atoms with E-state index in [9.17, 15) is 14.7 Å². The summed E-state index contributed by atoms with van der Waals surface area (Å²) in [5.41, 5.74) is 0. The average Bonchev–Trinajstić information content (AvgIpc) is 2.77. The van der Waals surface area contributed by atoms with Gasteiger partial charge in [0.25, 0.3) is 0 Å². The molecule has 1 saturated carbocycles. The Morgan fingerprint density at radius 1 is 1.22 bits per heavy atom. The molecule has 2 aliphatic rings. The molecule has 0 aromatic carbocycles. The van der Waals surface area contributed by atoms with Gasteiger partial charge in [-0.05, 0) is 38.0 Å². The number of amides is 3. The Morgan fingerprint density at radius 3 is 2.57 bits per heavy atom. The maximum absolute atomic E-state index is 12.1. The Kier molecular flexibility index (Phi) is 7.65. The lowest BCUT2D eigenvalue weighted by Gasteiger charge is -2.27. The monoisotopic (exact) mass is 325 g/mol. The van der Waals surface area contributed by atoms with Crippen molar-refractivity contribution in [2.75, 3.05) is 13.2 Å². The van der Waals surface area contributed by atoms with E-state index in [1.807, 2.05) is 0 Å². The van der Waals surface area contributed by atoms with E-state index in [2.05, 4.69) is 16.0 Å². The molecule has 1 saturated heterocycles. The first kappa shape index (κ1) is 18.0. The lowest BCUT2D eigenvalue weighted by molar-refractivity contribution is -0.119. The molecule has 1 aliphatic heterocycles. The Balaban J connectivity index is 1.70. The standard InChI is InChI=1S/C17H31N3O3/c21-12-10-15(13-5-3-1-2-4-6-13)20-17(23)18-11-9-14-7-8-16(22)19-14/h13-15,21H,1-12H2,(H,19,22)(H2,18,20,23). The summed E-state index contributed by atoms with van der Waals surface area (Å²) in [5, 5.41) is 18.1. The molecule has 4 N–H and O–H groups in total. The van der Waals surface area contributed by atoms with Crippen LogP contribution in [0.5, 0.6) is 0 Å². The Hall–Kier alpha value is -1.30. The number of aliphatic hydroxyl groups is 1. The van der Waals surface area contributed by atoms with Gasteiger partial charge in [-0.15, -0.1) is 0 Å². The van der Waals surface area contributed by atoms with E-state index in [1.165, 1.54) is 25.7 Å². The lowest BCUT2D eigenvalue weighted by atomic mass is 9.90. The molecule has 3 amide bonds. The predicted molar refractivity (Wildman–Crippen MR) is 89.0 cm³/mol. The second kappa shape index (κ2) is 9.75. The largest absolute Gasteiger partial charge is 0.396 e. The third-order valence-electron chi connectivity index (χ3n) is 5.09. The third kappa shape index (κ3) is 6.37. The van der Waals surface area contributed by atoms with Crippen LogP contribution in [-0.4, -0.2) is 42.3 Å². The van der Waals surface area contributed by atoms with Crippen molar-refractivity contribution in [3.63, 3.8) is 0 Å². The van der Waals surface area contributed by atoms with Crippen LogP contribution < -0.4 is 16.0 Å². The molecule has 0 bridgehead atoms. The zero-order valence-electron chi connectivity index (χ0n) is 14.0. The van der Waals surface area contributed by atoms with Crippen LogP contribution in [0.2, 0.25) is 0 Å². The number of aliphatic hydroxyl groups excluding tert-OH is 1. The smallest absolute Gasteiger partial charge is 0.315 e. The minimum absolute atomic E-state index is 0.0595. The van der Waals surface area contributed by atoms with Gasteiger partial charge in [0.15, 0.2) is 0 Å². The normalized spacial score (nSPS) is 23.9. The van der Waals surface area contributed by atoms with Gasteiger partial charge in [0.2, 0.25) is 5.91 Å². The van der Waals surface area contributed by atoms with Crippen LogP contribution in [0.25, 0.3) is 0 Å². The van der Waals surface area contributed by atoms with Gasteiger partial charge in [0, 0.05) is 31.7 Å². The summed E-state index contributed by atoms with van der Waals surface area (Å²) < 4.78 is 0. The Bertz CT molecular complexity index is 381. The van der Waals surface area contributed by atoms with E-state index in [-0.39, 0.29) is 30.6 Å². The van der Waals surface area contributed by atoms with Crippen molar-refractivity contribution in [1.29, 1.82) is 0 Å². The topological polar surface area (TPSA) is 90.5 Å². The molecule has 23 heavy (non-hydrogen) atoms. The SMILES string of the molecule is O=C1CCC(CCNC(=O)NC(CCO)C2CCCCCC2)N1. The van der Waals surface area contributed by atoms with Gasteiger partial charge in [0.05, 0.1) is 0 Å². The highest BCUT2D eigenvalue weighted by molar-refractivity contribution is 5.78. The number of nitrogens with one attached hydrogen (secondary N) is 3. The summed E-state index contributed by atoms with van der Waals surface area (Å²) >= 11 is 0.